The molecule has 4 heterocycles. The van der Waals surface area contributed by atoms with Crippen molar-refractivity contribution in [3.8, 4) is 11.1 Å². The number of nitrogens with zero attached hydrogens (tertiary/aromatic N) is 3. The molecule has 0 bridgehead atoms. The van der Waals surface area contributed by atoms with E-state index in [1.165, 1.54) is 5.56 Å². The Morgan fingerprint density at radius 1 is 0.583 bits per heavy atom. The van der Waals surface area contributed by atoms with Crippen molar-refractivity contribution in [1.29, 1.82) is 0 Å². The van der Waals surface area contributed by atoms with Gasteiger partial charge < -0.3 is 4.42 Å². The Bertz CT molecular complexity index is 2310. The Labute approximate surface area is 204 Å². The van der Waals surface area contributed by atoms with Gasteiger partial charge in [-0.15, -0.1) is 0 Å². The summed E-state index contributed by atoms with van der Waals surface area (Å²) < 4.78 is 8.78. The summed E-state index contributed by atoms with van der Waals surface area (Å²) in [5, 5.41) is 5.67. The Balaban J connectivity index is 1.57. The molecule has 0 aliphatic rings. The van der Waals surface area contributed by atoms with Crippen LogP contribution in [0.2, 0.25) is 0 Å². The first-order chi connectivity index (χ1) is 17.8. The largest absolute Gasteiger partial charge is 0.455 e. The third kappa shape index (κ3) is 2.19. The molecule has 0 N–H and O–H groups in total. The number of fused-ring (bicyclic) bond motifs is 11. The SMILES string of the molecule is c1ccc(-c2cc3c4nc5ccccc5nc4n4c5ccc6c7ccccc7oc6c5c(c2)c34)cc1. The van der Waals surface area contributed by atoms with Gasteiger partial charge in [0.15, 0.2) is 5.65 Å². The lowest BCUT2D eigenvalue weighted by Crippen LogP contribution is -1.88. The maximum atomic E-state index is 6.51. The Kier molecular flexibility index (Phi) is 3.25. The standard InChI is InChI=1S/C32H17N3O/c1-2-8-18(9-3-1)19-16-22-28-26(15-14-21-20-10-4-7-13-27(20)36-31(21)28)35-30(22)23(17-19)29-32(35)34-25-12-6-5-11-24(25)33-29/h1-17H. The molecule has 0 spiro atoms. The van der Waals surface area contributed by atoms with E-state index < -0.39 is 0 Å². The molecule has 0 saturated heterocycles. The number of furan rings is 1. The van der Waals surface area contributed by atoms with Gasteiger partial charge in [-0.2, -0.15) is 0 Å². The second kappa shape index (κ2) is 6.37. The molecule has 0 radical (unpaired) electrons. The average Bonchev–Trinajstić information content (AvgIpc) is 3.58. The number of para-hydroxylation sites is 3. The molecule has 4 nitrogen and oxygen atoms in total. The zero-order valence-electron chi connectivity index (χ0n) is 19.1. The molecule has 0 aliphatic heterocycles. The van der Waals surface area contributed by atoms with E-state index in [1.54, 1.807) is 0 Å². The van der Waals surface area contributed by atoms with Gasteiger partial charge in [0.2, 0.25) is 0 Å². The van der Waals surface area contributed by atoms with Crippen molar-refractivity contribution >= 4 is 71.3 Å². The van der Waals surface area contributed by atoms with Gasteiger partial charge in [0.05, 0.1) is 27.5 Å². The topological polar surface area (TPSA) is 43.3 Å². The third-order valence-corrected chi connectivity index (χ3v) is 7.49. The number of rotatable bonds is 1. The zero-order valence-corrected chi connectivity index (χ0v) is 19.1. The van der Waals surface area contributed by atoms with Gasteiger partial charge >= 0.3 is 0 Å². The predicted molar refractivity (Wildman–Crippen MR) is 147 cm³/mol. The lowest BCUT2D eigenvalue weighted by molar-refractivity contribution is 0.673. The Morgan fingerprint density at radius 2 is 1.33 bits per heavy atom. The van der Waals surface area contributed by atoms with Crippen molar-refractivity contribution < 1.29 is 4.42 Å². The van der Waals surface area contributed by atoms with E-state index in [-0.39, 0.29) is 0 Å². The minimum atomic E-state index is 0.879. The molecular formula is C32H17N3O. The molecule has 0 amide bonds. The van der Waals surface area contributed by atoms with Crippen LogP contribution < -0.4 is 0 Å². The van der Waals surface area contributed by atoms with Crippen LogP contribution in [0.3, 0.4) is 0 Å². The molecule has 0 atom stereocenters. The molecule has 36 heavy (non-hydrogen) atoms. The molecule has 4 aromatic heterocycles. The van der Waals surface area contributed by atoms with E-state index in [4.69, 9.17) is 14.4 Å². The van der Waals surface area contributed by atoms with Gasteiger partial charge in [-0.05, 0) is 53.6 Å². The van der Waals surface area contributed by atoms with Gasteiger partial charge in [0.25, 0.3) is 0 Å². The molecule has 4 heteroatoms. The molecule has 0 unspecified atom stereocenters. The highest BCUT2D eigenvalue weighted by atomic mass is 16.3. The van der Waals surface area contributed by atoms with E-state index in [0.29, 0.717) is 0 Å². The molecule has 9 rings (SSSR count). The summed E-state index contributed by atoms with van der Waals surface area (Å²) in [6.07, 6.45) is 0. The zero-order chi connectivity index (χ0) is 23.4. The van der Waals surface area contributed by atoms with Gasteiger partial charge in [-0.3, -0.25) is 4.40 Å². The lowest BCUT2D eigenvalue weighted by Gasteiger charge is -2.04. The van der Waals surface area contributed by atoms with Crippen LogP contribution in [0.25, 0.3) is 82.5 Å². The Hall–Kier alpha value is -4.96. The van der Waals surface area contributed by atoms with Gasteiger partial charge in [0.1, 0.15) is 16.7 Å². The van der Waals surface area contributed by atoms with Crippen molar-refractivity contribution in [2.45, 2.75) is 0 Å². The summed E-state index contributed by atoms with van der Waals surface area (Å²) in [7, 11) is 0. The Morgan fingerprint density at radius 3 is 2.22 bits per heavy atom. The van der Waals surface area contributed by atoms with E-state index in [9.17, 15) is 0 Å². The normalized spacial score (nSPS) is 12.4. The summed E-state index contributed by atoms with van der Waals surface area (Å²) in [5.41, 5.74) is 10.0. The molecule has 166 valence electrons. The number of benzene rings is 5. The van der Waals surface area contributed by atoms with Crippen molar-refractivity contribution in [2.75, 3.05) is 0 Å². The molecule has 9 aromatic rings. The molecular weight excluding hydrogens is 442 g/mol. The summed E-state index contributed by atoms with van der Waals surface area (Å²) >= 11 is 0. The number of aromatic nitrogens is 3. The van der Waals surface area contributed by atoms with Crippen LogP contribution in [0.5, 0.6) is 0 Å². The van der Waals surface area contributed by atoms with Crippen LogP contribution in [0.4, 0.5) is 0 Å². The highest BCUT2D eigenvalue weighted by Crippen LogP contribution is 2.44. The first-order valence-electron chi connectivity index (χ1n) is 12.1. The van der Waals surface area contributed by atoms with E-state index >= 15 is 0 Å². The van der Waals surface area contributed by atoms with Gasteiger partial charge in [-0.25, -0.2) is 9.97 Å². The molecule has 0 fully saturated rings. The fourth-order valence-electron chi connectivity index (χ4n) is 5.94. The smallest absolute Gasteiger partial charge is 0.165 e. The second-order valence-electron chi connectivity index (χ2n) is 9.44. The highest BCUT2D eigenvalue weighted by Gasteiger charge is 2.24. The van der Waals surface area contributed by atoms with Crippen molar-refractivity contribution in [3.63, 3.8) is 0 Å². The summed E-state index contributed by atoms with van der Waals surface area (Å²) in [6, 6.07) is 35.8. The van der Waals surface area contributed by atoms with Crippen LogP contribution >= 0.6 is 0 Å². The summed E-state index contributed by atoms with van der Waals surface area (Å²) in [5.74, 6) is 0. The van der Waals surface area contributed by atoms with Crippen molar-refractivity contribution in [2.24, 2.45) is 0 Å². The highest BCUT2D eigenvalue weighted by molar-refractivity contribution is 6.29. The first-order valence-corrected chi connectivity index (χ1v) is 12.1. The number of hydrogen-bond acceptors (Lipinski definition) is 3. The van der Waals surface area contributed by atoms with Gasteiger partial charge in [-0.1, -0.05) is 60.7 Å². The van der Waals surface area contributed by atoms with E-state index in [1.807, 2.05) is 36.4 Å². The summed E-state index contributed by atoms with van der Waals surface area (Å²) in [4.78, 5) is 10.2. The third-order valence-electron chi connectivity index (χ3n) is 7.49. The van der Waals surface area contributed by atoms with Crippen molar-refractivity contribution in [1.82, 2.24) is 14.4 Å². The van der Waals surface area contributed by atoms with Crippen LogP contribution in [-0.2, 0) is 0 Å². The van der Waals surface area contributed by atoms with Crippen LogP contribution in [0.1, 0.15) is 0 Å². The monoisotopic (exact) mass is 459 g/mol. The fourth-order valence-corrected chi connectivity index (χ4v) is 5.94. The summed E-state index contributed by atoms with van der Waals surface area (Å²) in [6.45, 7) is 0. The first kappa shape index (κ1) is 18.4. The van der Waals surface area contributed by atoms with Gasteiger partial charge in [0, 0.05) is 21.5 Å². The molecule has 5 aromatic carbocycles. The molecule has 0 saturated carbocycles. The predicted octanol–water partition coefficient (Wildman–Crippen LogP) is 8.35. The van der Waals surface area contributed by atoms with Crippen LogP contribution in [0.15, 0.2) is 108 Å². The number of hydrogen-bond donors (Lipinski definition) is 0. The fraction of sp³-hybridized carbons (Fsp3) is 0. The maximum absolute atomic E-state index is 6.51. The lowest BCUT2D eigenvalue weighted by atomic mass is 10.00. The van der Waals surface area contributed by atoms with E-state index in [2.05, 4.69) is 71.1 Å². The minimum Gasteiger partial charge on any atom is -0.455 e. The average molecular weight is 460 g/mol. The maximum Gasteiger partial charge on any atom is 0.165 e. The minimum absolute atomic E-state index is 0.879. The van der Waals surface area contributed by atoms with Crippen molar-refractivity contribution in [3.05, 3.63) is 103 Å². The van der Waals surface area contributed by atoms with Crippen LogP contribution in [0, 0.1) is 0 Å². The van der Waals surface area contributed by atoms with Crippen LogP contribution in [-0.4, -0.2) is 14.4 Å². The second-order valence-corrected chi connectivity index (χ2v) is 9.44. The molecule has 0 aliphatic carbocycles. The van der Waals surface area contributed by atoms with E-state index in [0.717, 1.165) is 76.9 Å². The quantitative estimate of drug-likeness (QED) is 0.248.